The molecule has 3 aromatic rings. The Morgan fingerprint density at radius 3 is 2.22 bits per heavy atom. The van der Waals surface area contributed by atoms with Crippen LogP contribution in [0.5, 0.6) is 5.75 Å². The predicted molar refractivity (Wildman–Crippen MR) is 144 cm³/mol. The highest BCUT2D eigenvalue weighted by molar-refractivity contribution is 6.51. The molecule has 0 saturated carbocycles. The van der Waals surface area contributed by atoms with Crippen LogP contribution in [0, 0.1) is 6.92 Å². The fraction of sp³-hybridized carbons (Fsp3) is 0.267. The summed E-state index contributed by atoms with van der Waals surface area (Å²) >= 11 is 6.08. The smallest absolute Gasteiger partial charge is 0.300 e. The van der Waals surface area contributed by atoms with Gasteiger partial charge >= 0.3 is 0 Å². The van der Waals surface area contributed by atoms with E-state index < -0.39 is 17.7 Å². The van der Waals surface area contributed by atoms with Crippen molar-refractivity contribution in [2.24, 2.45) is 0 Å². The maximum absolute atomic E-state index is 13.5. The first-order valence-electron chi connectivity index (χ1n) is 11.9. The third-order valence-electron chi connectivity index (χ3n) is 6.41. The van der Waals surface area contributed by atoms with Gasteiger partial charge in [-0.3, -0.25) is 14.5 Å². The third-order valence-corrected chi connectivity index (χ3v) is 6.67. The molecule has 0 aromatic heterocycles. The van der Waals surface area contributed by atoms with Crippen LogP contribution in [0.25, 0.3) is 5.76 Å². The van der Waals surface area contributed by atoms with E-state index in [1.807, 2.05) is 44.2 Å². The molecular formula is C30H30ClNO4. The van der Waals surface area contributed by atoms with Crippen molar-refractivity contribution in [3.05, 3.63) is 99.6 Å². The van der Waals surface area contributed by atoms with Crippen LogP contribution >= 0.6 is 11.6 Å². The average Bonchev–Trinajstić information content (AvgIpc) is 3.10. The quantitative estimate of drug-likeness (QED) is 0.232. The van der Waals surface area contributed by atoms with E-state index in [1.165, 1.54) is 4.90 Å². The second-order valence-corrected chi connectivity index (χ2v) is 10.4. The van der Waals surface area contributed by atoms with Gasteiger partial charge in [-0.15, -0.1) is 0 Å². The van der Waals surface area contributed by atoms with Crippen molar-refractivity contribution >= 4 is 34.7 Å². The monoisotopic (exact) mass is 503 g/mol. The maximum atomic E-state index is 13.5. The van der Waals surface area contributed by atoms with Crippen LogP contribution in [0.1, 0.15) is 56.0 Å². The molecule has 1 unspecified atom stereocenters. The van der Waals surface area contributed by atoms with E-state index in [1.54, 1.807) is 36.4 Å². The van der Waals surface area contributed by atoms with E-state index in [0.717, 1.165) is 11.1 Å². The van der Waals surface area contributed by atoms with Gasteiger partial charge in [0.2, 0.25) is 0 Å². The number of carbonyl (C=O) groups is 2. The number of benzene rings is 3. The molecule has 0 spiro atoms. The molecule has 0 radical (unpaired) electrons. The summed E-state index contributed by atoms with van der Waals surface area (Å²) in [6, 6.07) is 19.0. The van der Waals surface area contributed by atoms with E-state index >= 15 is 0 Å². The number of carbonyl (C=O) groups excluding carboxylic acids is 2. The van der Waals surface area contributed by atoms with Crippen molar-refractivity contribution in [1.82, 2.24) is 0 Å². The molecule has 1 aliphatic rings. The molecule has 186 valence electrons. The largest absolute Gasteiger partial charge is 0.507 e. The van der Waals surface area contributed by atoms with Gasteiger partial charge in [0.15, 0.2) is 0 Å². The van der Waals surface area contributed by atoms with Crippen molar-refractivity contribution < 1.29 is 19.4 Å². The number of aryl methyl sites for hydroxylation is 1. The number of anilines is 1. The Balaban J connectivity index is 1.94. The minimum atomic E-state index is -0.820. The molecule has 1 saturated heterocycles. The van der Waals surface area contributed by atoms with Gasteiger partial charge in [0.1, 0.15) is 11.5 Å². The lowest BCUT2D eigenvalue weighted by Crippen LogP contribution is -2.29. The van der Waals surface area contributed by atoms with Gasteiger partial charge in [0, 0.05) is 16.3 Å². The summed E-state index contributed by atoms with van der Waals surface area (Å²) in [5.41, 5.74) is 3.44. The first-order chi connectivity index (χ1) is 17.0. The maximum Gasteiger partial charge on any atom is 0.300 e. The first kappa shape index (κ1) is 25.5. The number of aliphatic hydroxyl groups excluding tert-OH is 1. The molecule has 6 heteroatoms. The van der Waals surface area contributed by atoms with Crippen LogP contribution in [-0.4, -0.2) is 23.4 Å². The van der Waals surface area contributed by atoms with Gasteiger partial charge in [-0.1, -0.05) is 56.6 Å². The van der Waals surface area contributed by atoms with Crippen molar-refractivity contribution in [1.29, 1.82) is 0 Å². The Bertz CT molecular complexity index is 1330. The Labute approximate surface area is 217 Å². The summed E-state index contributed by atoms with van der Waals surface area (Å²) in [5.74, 6) is -0.949. The number of nitrogens with zero attached hydrogens (tertiary/aromatic N) is 1. The molecule has 4 rings (SSSR count). The number of halogens is 1. The molecule has 1 atom stereocenters. The summed E-state index contributed by atoms with van der Waals surface area (Å²) in [7, 11) is 0. The first-order valence-corrected chi connectivity index (χ1v) is 12.3. The van der Waals surface area contributed by atoms with Crippen LogP contribution in [0.15, 0.2) is 72.3 Å². The van der Waals surface area contributed by atoms with Crippen molar-refractivity contribution in [2.45, 2.75) is 46.1 Å². The van der Waals surface area contributed by atoms with E-state index in [0.29, 0.717) is 34.2 Å². The van der Waals surface area contributed by atoms with Gasteiger partial charge in [0.05, 0.1) is 18.2 Å². The SMILES string of the molecule is CCOc1ccc(C2/C(=C(\O)c3cc(C(C)(C)C)ccc3C)C(=O)C(=O)N2c2ccc(Cl)cc2)cc1. The molecule has 1 fully saturated rings. The fourth-order valence-corrected chi connectivity index (χ4v) is 4.54. The van der Waals surface area contributed by atoms with E-state index in [-0.39, 0.29) is 16.7 Å². The Hall–Kier alpha value is -3.57. The average molecular weight is 504 g/mol. The van der Waals surface area contributed by atoms with Gasteiger partial charge in [-0.25, -0.2) is 0 Å². The molecule has 3 aromatic carbocycles. The molecule has 1 N–H and O–H groups in total. The van der Waals surface area contributed by atoms with E-state index in [4.69, 9.17) is 16.3 Å². The molecule has 0 aliphatic carbocycles. The zero-order valence-corrected chi connectivity index (χ0v) is 21.9. The van der Waals surface area contributed by atoms with Gasteiger partial charge in [0.25, 0.3) is 11.7 Å². The van der Waals surface area contributed by atoms with Crippen molar-refractivity contribution in [2.75, 3.05) is 11.5 Å². The summed E-state index contributed by atoms with van der Waals surface area (Å²) in [4.78, 5) is 28.3. The Kier molecular flexibility index (Phi) is 6.96. The summed E-state index contributed by atoms with van der Waals surface area (Å²) < 4.78 is 5.57. The van der Waals surface area contributed by atoms with Crippen molar-refractivity contribution in [3.8, 4) is 5.75 Å². The highest BCUT2D eigenvalue weighted by Gasteiger charge is 2.47. The lowest BCUT2D eigenvalue weighted by Gasteiger charge is -2.26. The minimum absolute atomic E-state index is 0.0493. The summed E-state index contributed by atoms with van der Waals surface area (Å²) in [5, 5.41) is 12.1. The molecule has 1 amide bonds. The number of amides is 1. The van der Waals surface area contributed by atoms with Crippen LogP contribution in [-0.2, 0) is 15.0 Å². The number of ketones is 1. The molecule has 1 heterocycles. The number of hydrogen-bond acceptors (Lipinski definition) is 4. The molecule has 1 aliphatic heterocycles. The molecular weight excluding hydrogens is 474 g/mol. The highest BCUT2D eigenvalue weighted by Crippen LogP contribution is 2.43. The molecule has 36 heavy (non-hydrogen) atoms. The van der Waals surface area contributed by atoms with E-state index in [2.05, 4.69) is 20.8 Å². The summed E-state index contributed by atoms with van der Waals surface area (Å²) in [6.45, 7) is 10.6. The topological polar surface area (TPSA) is 66.8 Å². The van der Waals surface area contributed by atoms with Gasteiger partial charge < -0.3 is 9.84 Å². The zero-order valence-electron chi connectivity index (χ0n) is 21.1. The number of aliphatic hydroxyl groups is 1. The highest BCUT2D eigenvalue weighted by atomic mass is 35.5. The van der Waals surface area contributed by atoms with Crippen LogP contribution < -0.4 is 9.64 Å². The number of ether oxygens (including phenoxy) is 1. The number of hydrogen-bond donors (Lipinski definition) is 1. The zero-order chi connectivity index (χ0) is 26.2. The minimum Gasteiger partial charge on any atom is -0.507 e. The van der Waals surface area contributed by atoms with E-state index in [9.17, 15) is 14.7 Å². The second-order valence-electron chi connectivity index (χ2n) is 9.93. The van der Waals surface area contributed by atoms with Crippen molar-refractivity contribution in [3.63, 3.8) is 0 Å². The normalized spacial score (nSPS) is 17.5. The Morgan fingerprint density at radius 1 is 1.00 bits per heavy atom. The van der Waals surface area contributed by atoms with Gasteiger partial charge in [-0.05, 0) is 78.4 Å². The summed E-state index contributed by atoms with van der Waals surface area (Å²) in [6.07, 6.45) is 0. The lowest BCUT2D eigenvalue weighted by atomic mass is 9.84. The van der Waals surface area contributed by atoms with Gasteiger partial charge in [-0.2, -0.15) is 0 Å². The fourth-order valence-electron chi connectivity index (χ4n) is 4.42. The lowest BCUT2D eigenvalue weighted by molar-refractivity contribution is -0.132. The third kappa shape index (κ3) is 4.76. The van der Waals surface area contributed by atoms with Crippen LogP contribution in [0.3, 0.4) is 0 Å². The molecule has 5 nitrogen and oxygen atoms in total. The Morgan fingerprint density at radius 2 is 1.64 bits per heavy atom. The number of rotatable bonds is 5. The predicted octanol–water partition coefficient (Wildman–Crippen LogP) is 6.97. The van der Waals surface area contributed by atoms with Crippen LogP contribution in [0.4, 0.5) is 5.69 Å². The second kappa shape index (κ2) is 9.82. The number of Topliss-reactive ketones (excluding diaryl/α,β-unsaturated/α-hetero) is 1. The van der Waals surface area contributed by atoms with Crippen LogP contribution in [0.2, 0.25) is 5.02 Å². The molecule has 0 bridgehead atoms. The standard InChI is InChI=1S/C30H30ClNO4/c1-6-36-23-15-8-19(9-16-23)26-25(27(33)24-17-20(30(3,4)5)10-7-18(24)2)28(34)29(35)32(26)22-13-11-21(31)12-14-22/h7-17,26,33H,6H2,1-5H3/b27-25+.